The van der Waals surface area contributed by atoms with Gasteiger partial charge in [0, 0.05) is 6.54 Å². The SMILES string of the molecule is CNCCCNC(=O)CSC(C)c1nc2ccccc2[nH]1.Cl. The van der Waals surface area contributed by atoms with Gasteiger partial charge in [-0.05, 0) is 39.1 Å². The average Bonchev–Trinajstić information content (AvgIpc) is 2.93. The van der Waals surface area contributed by atoms with Crippen molar-refractivity contribution < 1.29 is 4.79 Å². The molecule has 1 unspecified atom stereocenters. The Morgan fingerprint density at radius 2 is 2.14 bits per heavy atom. The van der Waals surface area contributed by atoms with Crippen molar-refractivity contribution in [2.24, 2.45) is 0 Å². The molecule has 3 N–H and O–H groups in total. The lowest BCUT2D eigenvalue weighted by Gasteiger charge is -2.09. The minimum atomic E-state index is 0. The number of thioether (sulfide) groups is 1. The minimum Gasteiger partial charge on any atom is -0.355 e. The lowest BCUT2D eigenvalue weighted by molar-refractivity contribution is -0.118. The number of para-hydroxylation sites is 2. The second-order valence-corrected chi connectivity index (χ2v) is 6.23. The highest BCUT2D eigenvalue weighted by atomic mass is 35.5. The Kier molecular flexibility index (Phi) is 8.30. The zero-order valence-corrected chi connectivity index (χ0v) is 14.5. The summed E-state index contributed by atoms with van der Waals surface area (Å²) in [6.07, 6.45) is 0.950. The molecule has 122 valence electrons. The van der Waals surface area contributed by atoms with Crippen molar-refractivity contribution in [1.82, 2.24) is 20.6 Å². The second-order valence-electron chi connectivity index (χ2n) is 4.90. The summed E-state index contributed by atoms with van der Waals surface area (Å²) < 4.78 is 0. The zero-order chi connectivity index (χ0) is 15.1. The van der Waals surface area contributed by atoms with Crippen molar-refractivity contribution in [2.45, 2.75) is 18.6 Å². The van der Waals surface area contributed by atoms with Gasteiger partial charge in [0.1, 0.15) is 5.82 Å². The number of aromatic amines is 1. The van der Waals surface area contributed by atoms with E-state index in [1.54, 1.807) is 11.8 Å². The fourth-order valence-electron chi connectivity index (χ4n) is 1.99. The fourth-order valence-corrected chi connectivity index (χ4v) is 2.76. The van der Waals surface area contributed by atoms with E-state index in [9.17, 15) is 4.79 Å². The van der Waals surface area contributed by atoms with Crippen molar-refractivity contribution in [3.63, 3.8) is 0 Å². The number of rotatable bonds is 8. The third-order valence-corrected chi connectivity index (χ3v) is 4.34. The summed E-state index contributed by atoms with van der Waals surface area (Å²) in [4.78, 5) is 19.6. The third-order valence-electron chi connectivity index (χ3n) is 3.18. The van der Waals surface area contributed by atoms with Crippen LogP contribution in [0.5, 0.6) is 0 Å². The molecule has 0 bridgehead atoms. The first-order valence-corrected chi connectivity index (χ1v) is 8.23. The molecule has 0 saturated heterocycles. The zero-order valence-electron chi connectivity index (χ0n) is 12.9. The number of carbonyl (C=O) groups excluding carboxylic acids is 1. The number of H-pyrrole nitrogens is 1. The maximum absolute atomic E-state index is 11.7. The van der Waals surface area contributed by atoms with Gasteiger partial charge in [-0.3, -0.25) is 4.79 Å². The number of hydrogen-bond donors (Lipinski definition) is 3. The molecule has 0 fully saturated rings. The summed E-state index contributed by atoms with van der Waals surface area (Å²) in [6.45, 7) is 3.71. The number of hydrogen-bond acceptors (Lipinski definition) is 4. The summed E-state index contributed by atoms with van der Waals surface area (Å²) in [5, 5.41) is 6.14. The Balaban J connectivity index is 0.00000242. The molecule has 1 aromatic heterocycles. The van der Waals surface area contributed by atoms with Crippen molar-refractivity contribution in [2.75, 3.05) is 25.9 Å². The van der Waals surface area contributed by atoms with Crippen LogP contribution in [0.25, 0.3) is 11.0 Å². The maximum Gasteiger partial charge on any atom is 0.230 e. The Hall–Kier alpha value is -1.24. The molecule has 0 aliphatic carbocycles. The van der Waals surface area contributed by atoms with Crippen LogP contribution in [0.15, 0.2) is 24.3 Å². The monoisotopic (exact) mass is 342 g/mol. The van der Waals surface area contributed by atoms with Crippen LogP contribution < -0.4 is 10.6 Å². The van der Waals surface area contributed by atoms with E-state index in [1.165, 1.54) is 0 Å². The van der Waals surface area contributed by atoms with Crippen molar-refractivity contribution in [1.29, 1.82) is 0 Å². The van der Waals surface area contributed by atoms with Crippen molar-refractivity contribution in [3.8, 4) is 0 Å². The molecule has 0 aliphatic rings. The molecule has 0 spiro atoms. The van der Waals surface area contributed by atoms with Gasteiger partial charge in [0.15, 0.2) is 0 Å². The minimum absolute atomic E-state index is 0. The first-order valence-electron chi connectivity index (χ1n) is 7.18. The van der Waals surface area contributed by atoms with Crippen molar-refractivity contribution in [3.05, 3.63) is 30.1 Å². The number of nitrogens with one attached hydrogen (secondary N) is 3. The topological polar surface area (TPSA) is 69.8 Å². The van der Waals surface area contributed by atoms with Gasteiger partial charge in [0.05, 0.1) is 22.0 Å². The summed E-state index contributed by atoms with van der Waals surface area (Å²) in [7, 11) is 1.91. The predicted molar refractivity (Wildman–Crippen MR) is 95.8 cm³/mol. The van der Waals surface area contributed by atoms with Crippen molar-refractivity contribution >= 4 is 41.1 Å². The van der Waals surface area contributed by atoms with Crippen LogP contribution in [0.2, 0.25) is 0 Å². The van der Waals surface area contributed by atoms with E-state index in [4.69, 9.17) is 0 Å². The van der Waals surface area contributed by atoms with Crippen LogP contribution in [0, 0.1) is 0 Å². The first-order chi connectivity index (χ1) is 10.2. The van der Waals surface area contributed by atoms with E-state index < -0.39 is 0 Å². The van der Waals surface area contributed by atoms with Gasteiger partial charge in [-0.2, -0.15) is 0 Å². The Bertz CT molecular complexity index is 557. The highest BCUT2D eigenvalue weighted by Gasteiger charge is 2.13. The lowest BCUT2D eigenvalue weighted by atomic mass is 10.3. The van der Waals surface area contributed by atoms with Gasteiger partial charge >= 0.3 is 0 Å². The highest BCUT2D eigenvalue weighted by molar-refractivity contribution is 8.00. The Morgan fingerprint density at radius 3 is 2.86 bits per heavy atom. The Morgan fingerprint density at radius 1 is 1.36 bits per heavy atom. The average molecular weight is 343 g/mol. The van der Waals surface area contributed by atoms with E-state index in [0.717, 1.165) is 36.4 Å². The quantitative estimate of drug-likeness (QED) is 0.645. The van der Waals surface area contributed by atoms with Crippen LogP contribution in [0.1, 0.15) is 24.4 Å². The van der Waals surface area contributed by atoms with Gasteiger partial charge in [-0.1, -0.05) is 12.1 Å². The van der Waals surface area contributed by atoms with Gasteiger partial charge in [-0.15, -0.1) is 24.2 Å². The largest absolute Gasteiger partial charge is 0.355 e. The number of benzene rings is 1. The predicted octanol–water partition coefficient (Wildman–Crippen LogP) is 2.50. The molecule has 1 amide bonds. The van der Waals surface area contributed by atoms with Crippen LogP contribution in [-0.4, -0.2) is 41.8 Å². The molecule has 7 heteroatoms. The smallest absolute Gasteiger partial charge is 0.230 e. The summed E-state index contributed by atoms with van der Waals surface area (Å²) in [5.74, 6) is 1.46. The summed E-state index contributed by atoms with van der Waals surface area (Å²) >= 11 is 1.60. The second kappa shape index (κ2) is 9.71. The first kappa shape index (κ1) is 18.8. The third kappa shape index (κ3) is 5.51. The summed E-state index contributed by atoms with van der Waals surface area (Å²) in [5.41, 5.74) is 2.01. The molecule has 0 saturated carbocycles. The van der Waals surface area contributed by atoms with Crippen LogP contribution in [0.3, 0.4) is 0 Å². The molecular weight excluding hydrogens is 320 g/mol. The van der Waals surface area contributed by atoms with Crippen LogP contribution in [0.4, 0.5) is 0 Å². The van der Waals surface area contributed by atoms with Gasteiger partial charge in [-0.25, -0.2) is 4.98 Å². The molecule has 5 nitrogen and oxygen atoms in total. The standard InChI is InChI=1S/C15H22N4OS.ClH/c1-11(21-10-14(20)17-9-5-8-16-2)15-18-12-6-3-4-7-13(12)19-15;/h3-4,6-7,11,16H,5,8-10H2,1-2H3,(H,17,20)(H,18,19);1H. The molecule has 22 heavy (non-hydrogen) atoms. The molecule has 0 radical (unpaired) electrons. The number of aromatic nitrogens is 2. The van der Waals surface area contributed by atoms with E-state index in [0.29, 0.717) is 5.75 Å². The van der Waals surface area contributed by atoms with Crippen LogP contribution >= 0.6 is 24.2 Å². The maximum atomic E-state index is 11.7. The van der Waals surface area contributed by atoms with E-state index in [-0.39, 0.29) is 23.6 Å². The number of halogens is 1. The number of amides is 1. The molecule has 2 rings (SSSR count). The summed E-state index contributed by atoms with van der Waals surface area (Å²) in [6, 6.07) is 7.96. The molecular formula is C15H23ClN4OS. The lowest BCUT2D eigenvalue weighted by Crippen LogP contribution is -2.28. The molecule has 1 aromatic carbocycles. The number of carbonyl (C=O) groups is 1. The fraction of sp³-hybridized carbons (Fsp3) is 0.467. The molecule has 1 heterocycles. The number of nitrogens with zero attached hydrogens (tertiary/aromatic N) is 1. The normalized spacial score (nSPS) is 11.9. The number of fused-ring (bicyclic) bond motifs is 1. The van der Waals surface area contributed by atoms with Gasteiger partial charge in [0.25, 0.3) is 0 Å². The van der Waals surface area contributed by atoms with E-state index in [2.05, 4.69) is 27.5 Å². The molecule has 1 atom stereocenters. The molecule has 0 aliphatic heterocycles. The van der Waals surface area contributed by atoms with Gasteiger partial charge in [0.2, 0.25) is 5.91 Å². The number of imidazole rings is 1. The van der Waals surface area contributed by atoms with E-state index in [1.807, 2.05) is 31.3 Å². The molecule has 2 aromatic rings. The highest BCUT2D eigenvalue weighted by Crippen LogP contribution is 2.27. The van der Waals surface area contributed by atoms with Crippen LogP contribution in [-0.2, 0) is 4.79 Å². The van der Waals surface area contributed by atoms with E-state index >= 15 is 0 Å². The Labute approximate surface area is 141 Å². The van der Waals surface area contributed by atoms with Gasteiger partial charge < -0.3 is 15.6 Å².